The Morgan fingerprint density at radius 2 is 1.76 bits per heavy atom. The largest absolute Gasteiger partial charge is 0.465 e. The van der Waals surface area contributed by atoms with Crippen molar-refractivity contribution in [3.63, 3.8) is 0 Å². The van der Waals surface area contributed by atoms with E-state index in [-0.39, 0.29) is 22.9 Å². The Hall–Kier alpha value is -3.81. The number of carbonyl (C=O) groups excluding carboxylic acids is 1. The maximum absolute atomic E-state index is 13.5. The number of carbonyl (C=O) groups is 1. The Labute approximate surface area is 196 Å². The van der Waals surface area contributed by atoms with E-state index in [4.69, 9.17) is 14.6 Å². The molecule has 0 spiro atoms. The van der Waals surface area contributed by atoms with Crippen LogP contribution in [0.5, 0.6) is 5.88 Å². The average molecular weight is 484 g/mol. The molecule has 1 heterocycles. The highest BCUT2D eigenvalue weighted by atomic mass is 32.2. The first-order valence-electron chi connectivity index (χ1n) is 10.4. The first-order chi connectivity index (χ1) is 16.2. The summed E-state index contributed by atoms with van der Waals surface area (Å²) in [6, 6.07) is 14.8. The highest BCUT2D eigenvalue weighted by molar-refractivity contribution is 7.89. The van der Waals surface area contributed by atoms with Gasteiger partial charge in [0, 0.05) is 11.1 Å². The van der Waals surface area contributed by atoms with Crippen LogP contribution in [0.1, 0.15) is 25.3 Å². The van der Waals surface area contributed by atoms with E-state index in [1.54, 1.807) is 0 Å². The molecule has 0 aliphatic rings. The average Bonchev–Trinajstić information content (AvgIpc) is 2.82. The Bertz CT molecular complexity index is 1320. The third-order valence-electron chi connectivity index (χ3n) is 4.81. The number of rotatable bonds is 9. The van der Waals surface area contributed by atoms with E-state index in [1.807, 2.05) is 13.0 Å². The number of ether oxygens (including phenoxy) is 2. The summed E-state index contributed by atoms with van der Waals surface area (Å²) in [6.07, 6.45) is 1.59. The minimum atomic E-state index is -3.89. The zero-order chi connectivity index (χ0) is 24.7. The summed E-state index contributed by atoms with van der Waals surface area (Å²) in [4.78, 5) is 16.3. The van der Waals surface area contributed by atoms with Crippen molar-refractivity contribution in [3.05, 3.63) is 66.0 Å². The standard InChI is InChI=1S/C24H22FN3O5S/c1-2-3-12-32-22(29)15-33-24-18(14-26)13-21(16-6-10-20(11-7-16)34(27,30)31)23(28-24)17-4-8-19(25)9-5-17/h4-11,13H,2-3,12,15H2,1H3,(H2,27,30,31). The summed E-state index contributed by atoms with van der Waals surface area (Å²) in [5.41, 5.74) is 1.93. The lowest BCUT2D eigenvalue weighted by Crippen LogP contribution is -2.16. The molecule has 10 heteroatoms. The van der Waals surface area contributed by atoms with Gasteiger partial charge in [-0.3, -0.25) is 0 Å². The van der Waals surface area contributed by atoms with E-state index in [0.29, 0.717) is 22.4 Å². The lowest BCUT2D eigenvalue weighted by Gasteiger charge is -2.14. The van der Waals surface area contributed by atoms with Crippen LogP contribution in [0.4, 0.5) is 4.39 Å². The van der Waals surface area contributed by atoms with Gasteiger partial charge >= 0.3 is 5.97 Å². The zero-order valence-electron chi connectivity index (χ0n) is 18.3. The number of hydrogen-bond donors (Lipinski definition) is 1. The summed E-state index contributed by atoms with van der Waals surface area (Å²) in [7, 11) is -3.89. The third kappa shape index (κ3) is 6.15. The number of pyridine rings is 1. The number of halogens is 1. The zero-order valence-corrected chi connectivity index (χ0v) is 19.1. The van der Waals surface area contributed by atoms with Crippen LogP contribution < -0.4 is 9.88 Å². The second-order valence-corrected chi connectivity index (χ2v) is 8.85. The molecule has 3 rings (SSSR count). The van der Waals surface area contributed by atoms with Gasteiger partial charge in [-0.1, -0.05) is 25.5 Å². The van der Waals surface area contributed by atoms with Crippen LogP contribution >= 0.6 is 0 Å². The lowest BCUT2D eigenvalue weighted by atomic mass is 9.98. The number of nitrogens with two attached hydrogens (primary N) is 1. The molecular weight excluding hydrogens is 461 g/mol. The Morgan fingerprint density at radius 1 is 1.12 bits per heavy atom. The third-order valence-corrected chi connectivity index (χ3v) is 5.74. The molecule has 0 radical (unpaired) electrons. The minimum absolute atomic E-state index is 0.0535. The van der Waals surface area contributed by atoms with Crippen molar-refractivity contribution in [2.24, 2.45) is 5.14 Å². The van der Waals surface area contributed by atoms with Crippen LogP contribution in [0.15, 0.2) is 59.5 Å². The van der Waals surface area contributed by atoms with E-state index in [9.17, 15) is 22.9 Å². The van der Waals surface area contributed by atoms with Crippen LogP contribution in [-0.2, 0) is 19.6 Å². The lowest BCUT2D eigenvalue weighted by molar-refractivity contribution is -0.146. The van der Waals surface area contributed by atoms with Gasteiger partial charge < -0.3 is 9.47 Å². The maximum Gasteiger partial charge on any atom is 0.344 e. The SMILES string of the molecule is CCCCOC(=O)COc1nc(-c2ccc(F)cc2)c(-c2ccc(S(N)(=O)=O)cc2)cc1C#N. The van der Waals surface area contributed by atoms with E-state index in [1.165, 1.54) is 54.6 Å². The quantitative estimate of drug-likeness (QED) is 0.362. The highest BCUT2D eigenvalue weighted by Crippen LogP contribution is 2.35. The maximum atomic E-state index is 13.5. The van der Waals surface area contributed by atoms with Crippen molar-refractivity contribution in [1.82, 2.24) is 4.98 Å². The molecule has 3 aromatic rings. The molecule has 8 nitrogen and oxygen atoms in total. The number of nitrogens with zero attached hydrogens (tertiary/aromatic N) is 2. The molecule has 176 valence electrons. The number of hydrogen-bond acceptors (Lipinski definition) is 7. The first-order valence-corrected chi connectivity index (χ1v) is 11.9. The van der Waals surface area contributed by atoms with Gasteiger partial charge in [0.15, 0.2) is 6.61 Å². The molecule has 2 N–H and O–H groups in total. The summed E-state index contributed by atoms with van der Waals surface area (Å²) in [5, 5.41) is 14.8. The molecule has 0 bridgehead atoms. The number of sulfonamides is 1. The van der Waals surface area contributed by atoms with Crippen molar-refractivity contribution >= 4 is 16.0 Å². The highest BCUT2D eigenvalue weighted by Gasteiger charge is 2.18. The van der Waals surface area contributed by atoms with Gasteiger partial charge in [0.2, 0.25) is 15.9 Å². The molecule has 2 aromatic carbocycles. The van der Waals surface area contributed by atoms with Crippen molar-refractivity contribution in [3.8, 4) is 34.3 Å². The van der Waals surface area contributed by atoms with Crippen molar-refractivity contribution in [2.75, 3.05) is 13.2 Å². The van der Waals surface area contributed by atoms with Gasteiger partial charge in [0.05, 0.1) is 17.2 Å². The Morgan fingerprint density at radius 3 is 2.35 bits per heavy atom. The van der Waals surface area contributed by atoms with Gasteiger partial charge in [0.25, 0.3) is 0 Å². The number of esters is 1. The van der Waals surface area contributed by atoms with E-state index in [2.05, 4.69) is 4.98 Å². The number of unbranched alkanes of at least 4 members (excludes halogenated alkanes) is 1. The Balaban J connectivity index is 2.04. The normalized spacial score (nSPS) is 11.0. The van der Waals surface area contributed by atoms with Gasteiger partial charge in [-0.2, -0.15) is 5.26 Å². The monoisotopic (exact) mass is 483 g/mol. The van der Waals surface area contributed by atoms with Crippen LogP contribution in [-0.4, -0.2) is 32.6 Å². The summed E-state index contributed by atoms with van der Waals surface area (Å²) < 4.78 is 47.2. The van der Waals surface area contributed by atoms with Crippen molar-refractivity contribution < 1.29 is 27.1 Å². The summed E-state index contributed by atoms with van der Waals surface area (Å²) in [5.74, 6) is -1.12. The van der Waals surface area contributed by atoms with Gasteiger partial charge in [-0.05, 0) is 54.4 Å². The summed E-state index contributed by atoms with van der Waals surface area (Å²) >= 11 is 0. The Kier molecular flexibility index (Phi) is 7.94. The molecule has 1 aromatic heterocycles. The summed E-state index contributed by atoms with van der Waals surface area (Å²) in [6.45, 7) is 1.80. The van der Waals surface area contributed by atoms with Crippen LogP contribution in [0.2, 0.25) is 0 Å². The number of aromatic nitrogens is 1. The fourth-order valence-corrected chi connectivity index (χ4v) is 3.57. The van der Waals surface area contributed by atoms with Crippen LogP contribution in [0, 0.1) is 17.1 Å². The fourth-order valence-electron chi connectivity index (χ4n) is 3.06. The van der Waals surface area contributed by atoms with E-state index in [0.717, 1.165) is 12.8 Å². The molecule has 0 atom stereocenters. The number of primary sulfonamides is 1. The first kappa shape index (κ1) is 24.8. The van der Waals surface area contributed by atoms with Crippen LogP contribution in [0.3, 0.4) is 0 Å². The van der Waals surface area contributed by atoms with Crippen molar-refractivity contribution in [2.45, 2.75) is 24.7 Å². The smallest absolute Gasteiger partial charge is 0.344 e. The van der Waals surface area contributed by atoms with Gasteiger partial charge in [-0.25, -0.2) is 27.7 Å². The minimum Gasteiger partial charge on any atom is -0.465 e. The molecule has 0 fully saturated rings. The molecule has 34 heavy (non-hydrogen) atoms. The number of benzene rings is 2. The second kappa shape index (κ2) is 10.9. The molecule has 0 saturated heterocycles. The molecule has 0 aliphatic heterocycles. The second-order valence-electron chi connectivity index (χ2n) is 7.29. The van der Waals surface area contributed by atoms with E-state index < -0.39 is 28.4 Å². The fraction of sp³-hybridized carbons (Fsp3) is 0.208. The van der Waals surface area contributed by atoms with Crippen LogP contribution in [0.25, 0.3) is 22.4 Å². The predicted molar refractivity (Wildman–Crippen MR) is 123 cm³/mol. The van der Waals surface area contributed by atoms with E-state index >= 15 is 0 Å². The topological polar surface area (TPSA) is 132 Å². The van der Waals surface area contributed by atoms with Gasteiger partial charge in [-0.15, -0.1) is 0 Å². The molecular formula is C24H22FN3O5S. The van der Waals surface area contributed by atoms with Crippen molar-refractivity contribution in [1.29, 1.82) is 5.26 Å². The predicted octanol–water partition coefficient (Wildman–Crippen LogP) is 3.80. The number of nitriles is 1. The molecule has 0 unspecified atom stereocenters. The molecule has 0 amide bonds. The van der Waals surface area contributed by atoms with Gasteiger partial charge in [0.1, 0.15) is 17.4 Å². The molecule has 0 aliphatic carbocycles. The molecule has 0 saturated carbocycles.